The molecule has 3 aromatic rings. The van der Waals surface area contributed by atoms with E-state index in [0.29, 0.717) is 64.7 Å². The van der Waals surface area contributed by atoms with Crippen molar-refractivity contribution < 1.29 is 67.2 Å². The molecule has 12 rings (SSSR count). The average molecular weight is 1030 g/mol. The third-order valence-corrected chi connectivity index (χ3v) is 16.4. The van der Waals surface area contributed by atoms with Crippen molar-refractivity contribution in [3.63, 3.8) is 0 Å². The van der Waals surface area contributed by atoms with Crippen LogP contribution in [0.25, 0.3) is 11.8 Å². The molecule has 1 aromatic heterocycles. The van der Waals surface area contributed by atoms with Crippen LogP contribution in [0.1, 0.15) is 128 Å². The number of Topliss-reactive ketones (excluding diaryl/α,β-unsaturated/α-hetero) is 1. The number of anilines is 1. The van der Waals surface area contributed by atoms with E-state index in [2.05, 4.69) is 31.3 Å². The number of ketones is 1. The molecule has 7 heterocycles. The van der Waals surface area contributed by atoms with Crippen LogP contribution >= 0.6 is 0 Å². The van der Waals surface area contributed by atoms with Crippen LogP contribution in [0.2, 0.25) is 0 Å². The van der Waals surface area contributed by atoms with Crippen molar-refractivity contribution in [1.82, 2.24) is 9.55 Å². The Morgan fingerprint density at radius 2 is 1.71 bits per heavy atom. The Bertz CT molecular complexity index is 3040. The van der Waals surface area contributed by atoms with Gasteiger partial charge in [-0.2, -0.15) is 0 Å². The summed E-state index contributed by atoms with van der Waals surface area (Å²) >= 11 is 0. The molecule has 3 saturated heterocycles. The van der Waals surface area contributed by atoms with Crippen molar-refractivity contribution in [2.75, 3.05) is 19.0 Å². The maximum absolute atomic E-state index is 15.7. The lowest BCUT2D eigenvalue weighted by atomic mass is 9.47. The first-order valence-corrected chi connectivity index (χ1v) is 26.0. The maximum Gasteiger partial charge on any atom is 0.343 e. The van der Waals surface area contributed by atoms with Crippen LogP contribution in [0.3, 0.4) is 0 Å². The topological polar surface area (TPSA) is 205 Å². The number of ether oxygens (including phenoxy) is 9. The summed E-state index contributed by atoms with van der Waals surface area (Å²) in [4.78, 5) is 48.3. The molecule has 0 amide bonds. The predicted molar refractivity (Wildman–Crippen MR) is 274 cm³/mol. The van der Waals surface area contributed by atoms with Crippen LogP contribution in [-0.4, -0.2) is 110 Å². The van der Waals surface area contributed by atoms with Crippen molar-refractivity contribution in [3.05, 3.63) is 106 Å². The number of imidazole rings is 1. The Morgan fingerprint density at radius 1 is 0.960 bits per heavy atom. The molecule has 9 aliphatic rings. The number of methoxy groups -OCH3 is 1. The fourth-order valence-electron chi connectivity index (χ4n) is 12.8. The molecule has 3 aliphatic carbocycles. The number of nitrogens with one attached hydrogen (secondary N) is 1. The Labute approximate surface area is 436 Å². The highest BCUT2D eigenvalue weighted by Crippen LogP contribution is 2.74. The van der Waals surface area contributed by atoms with Crippen molar-refractivity contribution in [3.8, 4) is 23.0 Å². The van der Waals surface area contributed by atoms with Crippen LogP contribution in [-0.2, 0) is 39.7 Å². The molecule has 6 aliphatic heterocycles. The van der Waals surface area contributed by atoms with E-state index in [1.54, 1.807) is 57.3 Å². The lowest BCUT2D eigenvalue weighted by Crippen LogP contribution is -2.75. The molecule has 3 saturated carbocycles. The number of fused-ring (bicyclic) bond motifs is 5. The first-order chi connectivity index (χ1) is 35.5. The van der Waals surface area contributed by atoms with Crippen molar-refractivity contribution in [1.29, 1.82) is 0 Å². The summed E-state index contributed by atoms with van der Waals surface area (Å²) < 4.78 is 59.9. The molecule has 4 unspecified atom stereocenters. The zero-order valence-corrected chi connectivity index (χ0v) is 44.4. The van der Waals surface area contributed by atoms with E-state index < -0.39 is 82.8 Å². The minimum Gasteiger partial charge on any atom is -0.482 e. The van der Waals surface area contributed by atoms with Crippen molar-refractivity contribution >= 4 is 35.4 Å². The zero-order chi connectivity index (χ0) is 53.3. The summed E-state index contributed by atoms with van der Waals surface area (Å²) in [6.07, 6.45) is 10.2. The van der Waals surface area contributed by atoms with Crippen LogP contribution in [0.15, 0.2) is 83.3 Å². The first-order valence-electron chi connectivity index (χ1n) is 26.0. The predicted octanol–water partition coefficient (Wildman–Crippen LogP) is 8.28. The Morgan fingerprint density at radius 3 is 2.43 bits per heavy atom. The van der Waals surface area contributed by atoms with E-state index in [4.69, 9.17) is 47.6 Å². The van der Waals surface area contributed by atoms with Gasteiger partial charge in [0.25, 0.3) is 0 Å². The number of carbonyl (C=O) groups excluding carboxylic acids is 3. The fourth-order valence-corrected chi connectivity index (χ4v) is 12.8. The van der Waals surface area contributed by atoms with Gasteiger partial charge in [0.1, 0.15) is 47.3 Å². The number of aromatic nitrogens is 2. The molecule has 398 valence electrons. The summed E-state index contributed by atoms with van der Waals surface area (Å²) in [5.41, 5.74) is 1.05. The minimum atomic E-state index is -1.61. The van der Waals surface area contributed by atoms with E-state index in [1.807, 2.05) is 57.5 Å². The summed E-state index contributed by atoms with van der Waals surface area (Å²) in [5.74, 6) is -1.48. The summed E-state index contributed by atoms with van der Waals surface area (Å²) in [5, 5.41) is 25.8. The molecule has 1 spiro atoms. The number of nitrogens with zero attached hydrogens (tertiary/aromatic N) is 2. The fraction of sp³-hybridized carbons (Fsp3) is 0.517. The molecular weight excluding hydrogens is 963 g/mol. The molecule has 17 nitrogen and oxygen atoms in total. The van der Waals surface area contributed by atoms with Gasteiger partial charge in [-0.15, -0.1) is 0 Å². The number of benzene rings is 2. The number of carbonyl (C=O) groups is 3. The van der Waals surface area contributed by atoms with Crippen LogP contribution in [0, 0.1) is 11.8 Å². The summed E-state index contributed by atoms with van der Waals surface area (Å²) in [7, 11) is 1.32. The van der Waals surface area contributed by atoms with Crippen molar-refractivity contribution in [2.24, 2.45) is 11.8 Å². The highest BCUT2D eigenvalue weighted by Gasteiger charge is 2.84. The van der Waals surface area contributed by atoms with Gasteiger partial charge in [0.05, 0.1) is 47.7 Å². The van der Waals surface area contributed by atoms with Crippen molar-refractivity contribution in [2.45, 2.75) is 166 Å². The Balaban J connectivity index is 1.06. The van der Waals surface area contributed by atoms with Gasteiger partial charge < -0.3 is 62.7 Å². The van der Waals surface area contributed by atoms with Crippen LogP contribution < -0.4 is 24.3 Å². The Kier molecular flexibility index (Phi) is 12.3. The van der Waals surface area contributed by atoms with E-state index in [-0.39, 0.29) is 41.8 Å². The van der Waals surface area contributed by atoms with E-state index in [1.165, 1.54) is 12.7 Å². The smallest absolute Gasteiger partial charge is 0.343 e. The summed E-state index contributed by atoms with van der Waals surface area (Å²) in [6, 6.07) is 5.67. The molecule has 2 aromatic carbocycles. The third-order valence-electron chi connectivity index (χ3n) is 16.4. The van der Waals surface area contributed by atoms with Gasteiger partial charge in [-0.3, -0.25) is 4.79 Å². The molecule has 75 heavy (non-hydrogen) atoms. The van der Waals surface area contributed by atoms with Gasteiger partial charge in [-0.05, 0) is 131 Å². The van der Waals surface area contributed by atoms with Gasteiger partial charge in [0.2, 0.25) is 12.2 Å². The molecule has 11 atom stereocenters. The second-order valence-corrected chi connectivity index (χ2v) is 22.9. The van der Waals surface area contributed by atoms with E-state index >= 15 is 4.79 Å². The summed E-state index contributed by atoms with van der Waals surface area (Å²) in [6.45, 7) is 19.5. The largest absolute Gasteiger partial charge is 0.482 e. The quantitative estimate of drug-likeness (QED) is 0.0676. The average Bonchev–Trinajstić information content (AvgIpc) is 4.09. The normalized spacial score (nSPS) is 32.8. The number of rotatable bonds is 12. The van der Waals surface area contributed by atoms with Gasteiger partial charge in [-0.25, -0.2) is 14.6 Å². The minimum absolute atomic E-state index is 0.0188. The zero-order valence-electron chi connectivity index (χ0n) is 44.4. The number of hydrogen-bond donors (Lipinski definition) is 3. The second kappa shape index (κ2) is 18.0. The monoisotopic (exact) mass is 1030 g/mol. The highest BCUT2D eigenvalue weighted by molar-refractivity contribution is 6.03. The molecular formula is C58H67N3O14. The second-order valence-electron chi connectivity index (χ2n) is 22.9. The van der Waals surface area contributed by atoms with Gasteiger partial charge in [-0.1, -0.05) is 29.4 Å². The molecule has 0 radical (unpaired) electrons. The van der Waals surface area contributed by atoms with E-state index in [9.17, 15) is 19.8 Å². The SMILES string of the molecule is COC(=O)/C(C)=C\CC12OC(C)(C)[C@H]3C[C@H](C1=O)C1C4=C(Nc5nccn51)c1c(OC(=O)c5ccc(O[C@@H]6O[C@@H]7COC(C)(C)O[C@H]7[C@H](O)[C@H]6O)cc5)c5c(c(CC=C(C)C)c1OC432)OC(C)(CCC=C(C)C)C=C5. The lowest BCUT2D eigenvalue weighted by Gasteiger charge is -2.62. The van der Waals surface area contributed by atoms with E-state index in [0.717, 1.165) is 17.6 Å². The number of aliphatic hydroxyl groups is 2. The van der Waals surface area contributed by atoms with Gasteiger partial charge in [0.15, 0.2) is 28.5 Å². The molecule has 6 fully saturated rings. The standard InChI is InChI=1S/C58H67N3O14/c1-29(2)13-12-22-56(10)23-21-35-45(73-56)34(19-14-30(3)4)47-39(46(35)71-51(66)32-15-17-33(18-16-32)69-52-44(63)43(62)48-37(70-52)28-68-55(8,9)72-48)41-40-42(61-26-25-59-53(61)60-41)36-27-38-54(6,7)75-57(49(36)64,58(38,40)74-47)24-20-31(5)50(65)67-11/h13-18,20-21,23,25-26,36-38,42-44,48,52,62-63H,12,19,22,24,27-28H2,1-11H3,(H,59,60)/b31-20-/t36-,37+,38+,42?,43+,44+,48+,52+,56?,57?,58?/m0/s1. The third kappa shape index (κ3) is 8.01. The number of esters is 2. The molecule has 3 N–H and O–H groups in total. The van der Waals surface area contributed by atoms with Crippen LogP contribution in [0.5, 0.6) is 23.0 Å². The van der Waals surface area contributed by atoms with Gasteiger partial charge >= 0.3 is 11.9 Å². The first kappa shape index (κ1) is 51.0. The molecule has 17 heteroatoms. The number of hydrogen-bond acceptors (Lipinski definition) is 16. The number of allylic oxidation sites excluding steroid dienone is 4. The highest BCUT2D eigenvalue weighted by atomic mass is 16.8. The number of aliphatic hydroxyl groups excluding tert-OH is 2. The lowest BCUT2D eigenvalue weighted by molar-refractivity contribution is -0.373. The van der Waals surface area contributed by atoms with Crippen LogP contribution in [0.4, 0.5) is 5.95 Å². The Hall–Kier alpha value is -6.08. The molecule has 4 bridgehead atoms. The maximum atomic E-state index is 15.7. The van der Waals surface area contributed by atoms with Gasteiger partial charge in [0, 0.05) is 47.4 Å².